The van der Waals surface area contributed by atoms with Crippen LogP contribution in [0.25, 0.3) is 11.1 Å². The average Bonchev–Trinajstić information content (AvgIpc) is 2.86. The number of benzene rings is 1. The van der Waals surface area contributed by atoms with Crippen molar-refractivity contribution >= 4 is 5.91 Å². The van der Waals surface area contributed by atoms with Crippen molar-refractivity contribution in [2.45, 2.75) is 38.8 Å². The quantitative estimate of drug-likeness (QED) is 0.648. The van der Waals surface area contributed by atoms with Crippen molar-refractivity contribution < 1.29 is 23.8 Å². The van der Waals surface area contributed by atoms with Crippen LogP contribution in [0.2, 0.25) is 0 Å². The number of ether oxygens (including phenoxy) is 2. The lowest BCUT2D eigenvalue weighted by Crippen LogP contribution is -2.50. The van der Waals surface area contributed by atoms with Gasteiger partial charge in [-0.3, -0.25) is 4.79 Å². The molecule has 1 N–H and O–H groups in total. The fourth-order valence-corrected chi connectivity index (χ4v) is 4.87. The molecule has 1 fully saturated rings. The zero-order valence-electron chi connectivity index (χ0n) is 20.8. The Bertz CT molecular complexity index is 996. The maximum atomic E-state index is 13.6. The summed E-state index contributed by atoms with van der Waals surface area (Å²) in [4.78, 5) is 22.1. The average molecular weight is 486 g/mol. The van der Waals surface area contributed by atoms with E-state index in [0.29, 0.717) is 36.0 Å². The van der Waals surface area contributed by atoms with Crippen molar-refractivity contribution in [3.63, 3.8) is 0 Å². The number of pyridine rings is 1. The summed E-state index contributed by atoms with van der Waals surface area (Å²) in [6.45, 7) is 7.57. The number of aliphatic hydroxyl groups is 1. The highest BCUT2D eigenvalue weighted by molar-refractivity contribution is 5.98. The van der Waals surface area contributed by atoms with Crippen molar-refractivity contribution in [3.05, 3.63) is 47.9 Å². The first-order valence-corrected chi connectivity index (χ1v) is 12.5. The van der Waals surface area contributed by atoms with E-state index in [0.717, 1.165) is 38.2 Å². The summed E-state index contributed by atoms with van der Waals surface area (Å²) in [6.07, 6.45) is 3.62. The smallest absolute Gasteiger partial charge is 0.259 e. The molecular formula is C27H36FN3O4. The van der Waals surface area contributed by atoms with Gasteiger partial charge >= 0.3 is 0 Å². The van der Waals surface area contributed by atoms with E-state index in [9.17, 15) is 14.3 Å². The number of likely N-dealkylation sites (N-methyl/N-ethyl adjacent to an activating group) is 1. The minimum atomic E-state index is -0.342. The van der Waals surface area contributed by atoms with Crippen LogP contribution in [0.3, 0.4) is 0 Å². The van der Waals surface area contributed by atoms with Crippen LogP contribution in [0.1, 0.15) is 37.0 Å². The van der Waals surface area contributed by atoms with E-state index < -0.39 is 0 Å². The van der Waals surface area contributed by atoms with E-state index in [4.69, 9.17) is 9.47 Å². The SMILES string of the molecule is C[C@@H]1CN([C@@H](C)CO)C(=O)c2cc(-c3ccc(F)cc3)cnc2O[C@H]1CN(C)CC1CCOCC1. The molecule has 0 bridgehead atoms. The maximum Gasteiger partial charge on any atom is 0.259 e. The van der Waals surface area contributed by atoms with Crippen LogP contribution < -0.4 is 4.74 Å². The number of carbonyl (C=O) groups is 1. The second-order valence-electron chi connectivity index (χ2n) is 9.98. The number of hydrogen-bond donors (Lipinski definition) is 1. The van der Waals surface area contributed by atoms with Crippen molar-refractivity contribution in [1.82, 2.24) is 14.8 Å². The van der Waals surface area contributed by atoms with E-state index in [2.05, 4.69) is 23.9 Å². The first-order valence-electron chi connectivity index (χ1n) is 12.5. The van der Waals surface area contributed by atoms with Gasteiger partial charge in [0.05, 0.1) is 12.6 Å². The van der Waals surface area contributed by atoms with Crippen molar-refractivity contribution in [2.75, 3.05) is 46.5 Å². The lowest BCUT2D eigenvalue weighted by molar-refractivity contribution is 0.0254. The molecule has 1 aromatic heterocycles. The number of aromatic nitrogens is 1. The minimum absolute atomic E-state index is 0.0387. The molecule has 3 heterocycles. The molecule has 0 radical (unpaired) electrons. The number of rotatable bonds is 7. The number of carbonyl (C=O) groups excluding carboxylic acids is 1. The van der Waals surface area contributed by atoms with Gasteiger partial charge in [0.2, 0.25) is 5.88 Å². The zero-order valence-corrected chi connectivity index (χ0v) is 20.8. The summed E-state index contributed by atoms with van der Waals surface area (Å²) in [5, 5.41) is 9.86. The van der Waals surface area contributed by atoms with Crippen LogP contribution in [0.4, 0.5) is 4.39 Å². The highest BCUT2D eigenvalue weighted by Gasteiger charge is 2.34. The van der Waals surface area contributed by atoms with Gasteiger partial charge in [-0.25, -0.2) is 9.37 Å². The Morgan fingerprint density at radius 2 is 1.91 bits per heavy atom. The van der Waals surface area contributed by atoms with Crippen LogP contribution in [0, 0.1) is 17.7 Å². The Kier molecular flexibility index (Phi) is 8.36. The van der Waals surface area contributed by atoms with E-state index in [1.165, 1.54) is 12.1 Å². The van der Waals surface area contributed by atoms with Gasteiger partial charge in [0.15, 0.2) is 0 Å². The Morgan fingerprint density at radius 1 is 1.20 bits per heavy atom. The molecule has 2 aliphatic rings. The molecule has 1 aromatic carbocycles. The second kappa shape index (κ2) is 11.5. The van der Waals surface area contributed by atoms with Crippen molar-refractivity contribution in [2.24, 2.45) is 11.8 Å². The Balaban J connectivity index is 1.62. The summed E-state index contributed by atoms with van der Waals surface area (Å²) in [5.74, 6) is 0.397. The third kappa shape index (κ3) is 6.18. The largest absolute Gasteiger partial charge is 0.472 e. The van der Waals surface area contributed by atoms with Crippen LogP contribution >= 0.6 is 0 Å². The Hall–Kier alpha value is -2.55. The summed E-state index contributed by atoms with van der Waals surface area (Å²) in [6, 6.07) is 7.51. The summed E-state index contributed by atoms with van der Waals surface area (Å²) < 4.78 is 25.3. The fourth-order valence-electron chi connectivity index (χ4n) is 4.87. The number of fused-ring (bicyclic) bond motifs is 1. The molecule has 0 unspecified atom stereocenters. The van der Waals surface area contributed by atoms with Gasteiger partial charge in [0.1, 0.15) is 17.5 Å². The van der Waals surface area contributed by atoms with E-state index in [1.807, 2.05) is 6.92 Å². The van der Waals surface area contributed by atoms with Gasteiger partial charge in [-0.2, -0.15) is 0 Å². The number of aliphatic hydroxyl groups excluding tert-OH is 1. The topological polar surface area (TPSA) is 75.1 Å². The first-order chi connectivity index (χ1) is 16.9. The summed E-state index contributed by atoms with van der Waals surface area (Å²) in [5.41, 5.74) is 1.83. The molecule has 2 aliphatic heterocycles. The van der Waals surface area contributed by atoms with Crippen LogP contribution in [0.5, 0.6) is 5.88 Å². The molecule has 4 rings (SSSR count). The summed E-state index contributed by atoms with van der Waals surface area (Å²) >= 11 is 0. The highest BCUT2D eigenvalue weighted by atomic mass is 19.1. The molecule has 0 spiro atoms. The van der Waals surface area contributed by atoms with Gasteiger partial charge in [-0.15, -0.1) is 0 Å². The molecule has 8 heteroatoms. The molecule has 0 saturated carbocycles. The van der Waals surface area contributed by atoms with Crippen molar-refractivity contribution in [3.8, 4) is 17.0 Å². The van der Waals surface area contributed by atoms with Gasteiger partial charge in [-0.05, 0) is 56.5 Å². The number of amides is 1. The fraction of sp³-hybridized carbons (Fsp3) is 0.556. The van der Waals surface area contributed by atoms with Crippen LogP contribution in [0.15, 0.2) is 36.5 Å². The standard InChI is InChI=1S/C27H36FN3O4/c1-18-14-31(19(2)17-32)27(33)24-12-22(21-4-6-23(28)7-5-21)13-29-26(24)35-25(18)16-30(3)15-20-8-10-34-11-9-20/h4-7,12-13,18-20,25,32H,8-11,14-17H2,1-3H3/t18-,19+,25+/m1/s1. The van der Waals surface area contributed by atoms with Gasteiger partial charge < -0.3 is 24.4 Å². The third-order valence-corrected chi connectivity index (χ3v) is 7.10. The highest BCUT2D eigenvalue weighted by Crippen LogP contribution is 2.30. The molecule has 1 amide bonds. The molecule has 3 atom stereocenters. The molecule has 0 aliphatic carbocycles. The predicted octanol–water partition coefficient (Wildman–Crippen LogP) is 3.47. The monoisotopic (exact) mass is 485 g/mol. The zero-order chi connectivity index (χ0) is 24.9. The summed E-state index contributed by atoms with van der Waals surface area (Å²) in [7, 11) is 2.11. The Morgan fingerprint density at radius 3 is 2.60 bits per heavy atom. The number of halogens is 1. The second-order valence-corrected chi connectivity index (χ2v) is 9.98. The minimum Gasteiger partial charge on any atom is -0.472 e. The molecule has 35 heavy (non-hydrogen) atoms. The molecular weight excluding hydrogens is 449 g/mol. The van der Waals surface area contributed by atoms with Crippen LogP contribution in [-0.2, 0) is 4.74 Å². The number of nitrogens with zero attached hydrogens (tertiary/aromatic N) is 3. The number of hydrogen-bond acceptors (Lipinski definition) is 6. The van der Waals surface area contributed by atoms with Gasteiger partial charge in [0.25, 0.3) is 5.91 Å². The maximum absolute atomic E-state index is 13.6. The van der Waals surface area contributed by atoms with Gasteiger partial charge in [-0.1, -0.05) is 19.1 Å². The normalized spacial score (nSPS) is 22.3. The van der Waals surface area contributed by atoms with Gasteiger partial charge in [0, 0.05) is 50.5 Å². The lowest BCUT2D eigenvalue weighted by Gasteiger charge is -2.38. The van der Waals surface area contributed by atoms with Crippen molar-refractivity contribution in [1.29, 1.82) is 0 Å². The first kappa shape index (κ1) is 25.5. The van der Waals surface area contributed by atoms with E-state index in [-0.39, 0.29) is 36.4 Å². The lowest BCUT2D eigenvalue weighted by atomic mass is 9.97. The third-order valence-electron chi connectivity index (χ3n) is 7.10. The molecule has 7 nitrogen and oxygen atoms in total. The Labute approximate surface area is 206 Å². The molecule has 190 valence electrons. The van der Waals surface area contributed by atoms with E-state index >= 15 is 0 Å². The predicted molar refractivity (Wildman–Crippen MR) is 132 cm³/mol. The molecule has 2 aromatic rings. The van der Waals surface area contributed by atoms with Crippen LogP contribution in [-0.4, -0.2) is 84.4 Å². The van der Waals surface area contributed by atoms with E-state index in [1.54, 1.807) is 29.3 Å². The molecule has 1 saturated heterocycles.